The first-order valence-electron chi connectivity index (χ1n) is 21.6. The largest absolute Gasteiger partial charge is 0.504 e. The zero-order valence-corrected chi connectivity index (χ0v) is 35.2. The summed E-state index contributed by atoms with van der Waals surface area (Å²) in [5.74, 6) is 5.61. The Morgan fingerprint density at radius 3 is 2.58 bits per heavy atom. The number of hydrogen-bond acceptors (Lipinski definition) is 9. The van der Waals surface area contributed by atoms with Crippen LogP contribution in [-0.4, -0.2) is 71.3 Å². The Kier molecular flexibility index (Phi) is 15.2. The number of fused-ring (bicyclic) bond motifs is 2. The van der Waals surface area contributed by atoms with Crippen molar-refractivity contribution in [3.8, 4) is 23.3 Å². The smallest absolute Gasteiger partial charge is 0.173 e. The van der Waals surface area contributed by atoms with E-state index in [9.17, 15) is 24.9 Å². The van der Waals surface area contributed by atoms with E-state index in [4.69, 9.17) is 10.5 Å². The predicted octanol–water partition coefficient (Wildman–Crippen LogP) is 6.41. The number of H-pyrrole nitrogens is 1. The molecule has 316 valence electrons. The number of nitrogens with two attached hydrogens (primary N) is 1. The minimum Gasteiger partial charge on any atom is -0.504 e. The molecule has 3 aliphatic rings. The number of methoxy groups -OCH3 is 1. The van der Waals surface area contributed by atoms with E-state index in [1.807, 2.05) is 43.5 Å². The van der Waals surface area contributed by atoms with Crippen LogP contribution >= 0.6 is 0 Å². The zero-order chi connectivity index (χ0) is 42.1. The SMILES string of the molecule is CCCC(C(O)Cc1cc(C(C)CCNC)c[nH]1)C1CC(CC2=CCNC(N)=C2)CC2C#CC(c3ccccc3)c3cc(O)c(OC)cc3CCC(=O)C(O)C(=O)C2C1. The van der Waals surface area contributed by atoms with Gasteiger partial charge in [-0.25, -0.2) is 0 Å². The zero-order valence-electron chi connectivity index (χ0n) is 35.2. The highest BCUT2D eigenvalue weighted by Gasteiger charge is 2.43. The third-order valence-corrected chi connectivity index (χ3v) is 13.0. The van der Waals surface area contributed by atoms with Crippen LogP contribution in [0, 0.1) is 41.4 Å². The molecule has 0 bridgehead atoms. The molecular weight excluding hydrogens is 741 g/mol. The number of aliphatic hydroxyl groups is 2. The Hall–Kier alpha value is -4.82. The number of aromatic amines is 1. The fraction of sp³-hybridized carbons (Fsp3) is 0.510. The maximum atomic E-state index is 14.7. The van der Waals surface area contributed by atoms with Gasteiger partial charge in [-0.15, -0.1) is 0 Å². The van der Waals surface area contributed by atoms with Gasteiger partial charge in [0.15, 0.2) is 29.2 Å². The van der Waals surface area contributed by atoms with E-state index in [0.717, 1.165) is 66.6 Å². The van der Waals surface area contributed by atoms with Crippen LogP contribution < -0.4 is 21.1 Å². The van der Waals surface area contributed by atoms with Crippen LogP contribution in [0.4, 0.5) is 0 Å². The van der Waals surface area contributed by atoms with E-state index in [1.54, 1.807) is 12.1 Å². The van der Waals surface area contributed by atoms with Gasteiger partial charge in [0, 0.05) is 43.1 Å². The Morgan fingerprint density at radius 2 is 1.85 bits per heavy atom. The second-order valence-corrected chi connectivity index (χ2v) is 17.1. The number of phenols is 1. The quantitative estimate of drug-likeness (QED) is 0.0719. The van der Waals surface area contributed by atoms with Gasteiger partial charge < -0.3 is 41.4 Å². The number of benzene rings is 2. The highest BCUT2D eigenvalue weighted by molar-refractivity contribution is 6.06. The van der Waals surface area contributed by atoms with Crippen molar-refractivity contribution in [1.29, 1.82) is 0 Å². The highest BCUT2D eigenvalue weighted by atomic mass is 16.5. The molecule has 9 atom stereocenters. The van der Waals surface area contributed by atoms with Crippen molar-refractivity contribution < 1.29 is 29.6 Å². The van der Waals surface area contributed by atoms with Crippen molar-refractivity contribution in [2.45, 2.75) is 102 Å². The van der Waals surface area contributed by atoms with E-state index in [1.165, 1.54) is 12.7 Å². The minimum atomic E-state index is -1.79. The van der Waals surface area contributed by atoms with Gasteiger partial charge >= 0.3 is 0 Å². The number of aromatic hydroxyl groups is 1. The molecule has 0 saturated heterocycles. The van der Waals surface area contributed by atoms with E-state index in [2.05, 4.69) is 59.6 Å². The lowest BCUT2D eigenvalue weighted by molar-refractivity contribution is -0.142. The molecule has 2 aliphatic carbocycles. The van der Waals surface area contributed by atoms with Crippen LogP contribution in [0.25, 0.3) is 0 Å². The molecule has 1 saturated carbocycles. The molecular formula is C49H64N4O6. The van der Waals surface area contributed by atoms with Crippen molar-refractivity contribution in [3.05, 3.63) is 106 Å². The number of rotatable bonds is 14. The number of Topliss-reactive ketones (excluding diaryl/α,β-unsaturated/α-hetero) is 2. The average Bonchev–Trinajstić information content (AvgIpc) is 3.62. The first-order chi connectivity index (χ1) is 28.5. The number of carbonyl (C=O) groups excluding carboxylic acids is 2. The van der Waals surface area contributed by atoms with Crippen molar-refractivity contribution in [2.24, 2.45) is 35.3 Å². The number of allylic oxidation sites excluding steroid dienone is 2. The van der Waals surface area contributed by atoms with Crippen LogP contribution in [-0.2, 0) is 22.4 Å². The van der Waals surface area contributed by atoms with Crippen molar-refractivity contribution in [2.75, 3.05) is 27.2 Å². The van der Waals surface area contributed by atoms with Crippen LogP contribution in [0.1, 0.15) is 105 Å². The molecule has 1 aromatic heterocycles. The third-order valence-electron chi connectivity index (χ3n) is 13.0. The van der Waals surface area contributed by atoms with Crippen LogP contribution in [0.5, 0.6) is 11.5 Å². The Balaban J connectivity index is 1.42. The lowest BCUT2D eigenvalue weighted by Gasteiger charge is -2.33. The van der Waals surface area contributed by atoms with Crippen molar-refractivity contribution >= 4 is 11.6 Å². The normalized spacial score (nSPS) is 25.2. The number of aromatic nitrogens is 1. The second kappa shape index (κ2) is 20.4. The molecule has 59 heavy (non-hydrogen) atoms. The van der Waals surface area contributed by atoms with Crippen LogP contribution in [0.15, 0.2) is 78.3 Å². The van der Waals surface area contributed by atoms with Gasteiger partial charge in [-0.1, -0.05) is 68.5 Å². The Labute approximate surface area is 350 Å². The number of aryl methyl sites for hydroxylation is 1. The van der Waals surface area contributed by atoms with E-state index >= 15 is 0 Å². The van der Waals surface area contributed by atoms with Crippen LogP contribution in [0.3, 0.4) is 0 Å². The number of ether oxygens (including phenoxy) is 1. The number of dihydropyridines is 1. The summed E-state index contributed by atoms with van der Waals surface area (Å²) in [6.45, 7) is 5.90. The molecule has 10 heteroatoms. The standard InChI is InChI=1S/C49H64N4O6/c1-5-9-40(44(55)27-38-24-37(29-53-38)30(2)16-18-51-3)36-22-32(20-31-17-19-52-47(50)23-31)21-34-12-14-39(33-10-7-6-8-11-33)41-28-45(56)46(59-4)26-35(41)13-15-43(54)49(58)48(57)42(34)25-36/h6-8,10-11,17,23-24,26,28-30,32,34,36,39-40,42,44,49,51-53,55-56,58H,5,9,13,15-16,18-22,25,27,50H2,1-4H3. The Morgan fingerprint density at radius 1 is 1.05 bits per heavy atom. The number of carbonyl (C=O) groups is 2. The third kappa shape index (κ3) is 10.9. The first-order valence-corrected chi connectivity index (χ1v) is 21.6. The van der Waals surface area contributed by atoms with Crippen molar-refractivity contribution in [3.63, 3.8) is 0 Å². The number of phenolic OH excluding ortho intramolecular Hbond substituents is 1. The molecule has 0 spiro atoms. The summed E-state index contributed by atoms with van der Waals surface area (Å²) in [5, 5.41) is 41.2. The van der Waals surface area contributed by atoms with Gasteiger partial charge in [0.05, 0.1) is 25.0 Å². The Bertz CT molecular complexity index is 2030. The van der Waals surface area contributed by atoms with Gasteiger partial charge in [-0.3, -0.25) is 9.59 Å². The van der Waals surface area contributed by atoms with Gasteiger partial charge in [0.25, 0.3) is 0 Å². The van der Waals surface area contributed by atoms with Crippen molar-refractivity contribution in [1.82, 2.24) is 15.6 Å². The molecule has 6 rings (SSSR count). The predicted molar refractivity (Wildman–Crippen MR) is 232 cm³/mol. The summed E-state index contributed by atoms with van der Waals surface area (Å²) in [6, 6.07) is 15.5. The molecule has 0 amide bonds. The number of nitrogens with one attached hydrogen (secondary N) is 3. The molecule has 2 heterocycles. The number of aliphatic hydroxyl groups excluding tert-OH is 2. The fourth-order valence-corrected chi connectivity index (χ4v) is 9.76. The van der Waals surface area contributed by atoms with Gasteiger partial charge in [-0.2, -0.15) is 0 Å². The summed E-state index contributed by atoms with van der Waals surface area (Å²) in [6.07, 6.45) is 9.42. The van der Waals surface area contributed by atoms with Gasteiger partial charge in [0.2, 0.25) is 0 Å². The summed E-state index contributed by atoms with van der Waals surface area (Å²) in [7, 11) is 3.44. The van der Waals surface area contributed by atoms with Gasteiger partial charge in [-0.05, 0) is 134 Å². The highest BCUT2D eigenvalue weighted by Crippen LogP contribution is 2.45. The molecule has 9 unspecified atom stereocenters. The topological polar surface area (TPSA) is 170 Å². The lowest BCUT2D eigenvalue weighted by Crippen LogP contribution is -2.40. The summed E-state index contributed by atoms with van der Waals surface area (Å²) in [4.78, 5) is 31.9. The number of ketones is 2. The van der Waals surface area contributed by atoms with Crippen LogP contribution in [0.2, 0.25) is 0 Å². The monoisotopic (exact) mass is 804 g/mol. The first kappa shape index (κ1) is 43.8. The molecule has 1 aliphatic heterocycles. The fourth-order valence-electron chi connectivity index (χ4n) is 9.76. The minimum absolute atomic E-state index is 0.0279. The average molecular weight is 805 g/mol. The van der Waals surface area contributed by atoms with E-state index < -0.39 is 41.5 Å². The van der Waals surface area contributed by atoms with E-state index in [-0.39, 0.29) is 42.1 Å². The lowest BCUT2D eigenvalue weighted by atomic mass is 9.73. The second-order valence-electron chi connectivity index (χ2n) is 17.1. The maximum absolute atomic E-state index is 14.7. The molecule has 8 N–H and O–H groups in total. The van der Waals surface area contributed by atoms with Gasteiger partial charge in [0.1, 0.15) is 0 Å². The summed E-state index contributed by atoms with van der Waals surface area (Å²) in [5.41, 5.74) is 12.0. The van der Waals surface area contributed by atoms with E-state index in [0.29, 0.717) is 37.5 Å². The summed E-state index contributed by atoms with van der Waals surface area (Å²) < 4.78 is 5.46. The molecule has 10 nitrogen and oxygen atoms in total. The molecule has 0 radical (unpaired) electrons. The maximum Gasteiger partial charge on any atom is 0.173 e. The molecule has 1 fully saturated rings. The summed E-state index contributed by atoms with van der Waals surface area (Å²) >= 11 is 0. The molecule has 2 aromatic carbocycles. The molecule has 3 aromatic rings. The number of hydrogen-bond donors (Lipinski definition) is 7.